The normalized spacial score (nSPS) is 23.7. The zero-order valence-electron chi connectivity index (χ0n) is 15.0. The third-order valence-corrected chi connectivity index (χ3v) is 5.64. The van der Waals surface area contributed by atoms with Crippen molar-refractivity contribution in [2.75, 3.05) is 5.32 Å². The maximum atomic E-state index is 12.8. The molecule has 3 heterocycles. The Kier molecular flexibility index (Phi) is 3.65. The van der Waals surface area contributed by atoms with Gasteiger partial charge in [-0.1, -0.05) is 6.07 Å². The molecular weight excluding hydrogens is 326 g/mol. The molecule has 0 radical (unpaired) electrons. The van der Waals surface area contributed by atoms with E-state index >= 15 is 0 Å². The number of nitrogens with zero attached hydrogens (tertiary/aromatic N) is 4. The molecule has 0 saturated heterocycles. The molecule has 2 aliphatic carbocycles. The van der Waals surface area contributed by atoms with Gasteiger partial charge in [0.05, 0.1) is 18.8 Å². The van der Waals surface area contributed by atoms with E-state index in [9.17, 15) is 4.79 Å². The summed E-state index contributed by atoms with van der Waals surface area (Å²) in [4.78, 5) is 28.1. The minimum atomic E-state index is 0.231. The number of amides is 1. The molecular formula is C20H23N5O. The molecule has 1 amide bonds. The number of hydrogen-bond donors (Lipinski definition) is 1. The van der Waals surface area contributed by atoms with E-state index in [1.54, 1.807) is 6.20 Å². The van der Waals surface area contributed by atoms with Gasteiger partial charge in [0.1, 0.15) is 11.6 Å². The Morgan fingerprint density at radius 2 is 2.19 bits per heavy atom. The van der Waals surface area contributed by atoms with Gasteiger partial charge in [0.25, 0.3) is 0 Å². The smallest absolute Gasteiger partial charge is 0.223 e. The van der Waals surface area contributed by atoms with Gasteiger partial charge in [0.2, 0.25) is 5.91 Å². The number of nitrogens with one attached hydrogen (secondary N) is 1. The molecule has 0 aromatic carbocycles. The molecule has 0 spiro atoms. The summed E-state index contributed by atoms with van der Waals surface area (Å²) < 4.78 is 0. The molecule has 26 heavy (non-hydrogen) atoms. The number of aryl methyl sites for hydroxylation is 1. The van der Waals surface area contributed by atoms with E-state index in [0.29, 0.717) is 37.4 Å². The molecule has 6 heteroatoms. The highest BCUT2D eigenvalue weighted by molar-refractivity contribution is 5.78. The number of pyridine rings is 1. The van der Waals surface area contributed by atoms with Gasteiger partial charge in [-0.3, -0.25) is 9.78 Å². The van der Waals surface area contributed by atoms with E-state index in [1.165, 1.54) is 18.4 Å². The van der Waals surface area contributed by atoms with Crippen LogP contribution in [0.4, 0.5) is 5.82 Å². The van der Waals surface area contributed by atoms with Gasteiger partial charge in [-0.2, -0.15) is 0 Å². The van der Waals surface area contributed by atoms with E-state index in [0.717, 1.165) is 29.3 Å². The van der Waals surface area contributed by atoms with Crippen molar-refractivity contribution in [2.24, 2.45) is 5.92 Å². The number of carbonyl (C=O) groups excluding carboxylic acids is 1. The van der Waals surface area contributed by atoms with Crippen molar-refractivity contribution in [3.05, 3.63) is 47.2 Å². The van der Waals surface area contributed by atoms with Crippen LogP contribution in [-0.2, 0) is 17.9 Å². The number of carbonyl (C=O) groups is 1. The van der Waals surface area contributed by atoms with Crippen LogP contribution in [0.5, 0.6) is 0 Å². The van der Waals surface area contributed by atoms with Gasteiger partial charge in [0.15, 0.2) is 0 Å². The molecule has 1 aliphatic heterocycles. The van der Waals surface area contributed by atoms with Crippen molar-refractivity contribution in [3.8, 4) is 0 Å². The van der Waals surface area contributed by atoms with Crippen LogP contribution in [0.25, 0.3) is 0 Å². The van der Waals surface area contributed by atoms with Gasteiger partial charge >= 0.3 is 0 Å². The maximum absolute atomic E-state index is 12.8. The number of anilines is 1. The van der Waals surface area contributed by atoms with E-state index in [4.69, 9.17) is 0 Å². The van der Waals surface area contributed by atoms with Crippen molar-refractivity contribution in [1.82, 2.24) is 19.9 Å². The second-order valence-electron chi connectivity index (χ2n) is 7.81. The van der Waals surface area contributed by atoms with Crippen LogP contribution < -0.4 is 5.32 Å². The van der Waals surface area contributed by atoms with Crippen molar-refractivity contribution >= 4 is 11.7 Å². The third kappa shape index (κ3) is 3.04. The molecule has 2 fully saturated rings. The number of fused-ring (bicyclic) bond motifs is 1. The Bertz CT molecular complexity index is 849. The minimum absolute atomic E-state index is 0.231. The monoisotopic (exact) mass is 349 g/mol. The second kappa shape index (κ2) is 6.04. The summed E-state index contributed by atoms with van der Waals surface area (Å²) in [7, 11) is 0. The summed E-state index contributed by atoms with van der Waals surface area (Å²) >= 11 is 0. The zero-order valence-corrected chi connectivity index (χ0v) is 15.0. The lowest BCUT2D eigenvalue weighted by Crippen LogP contribution is -2.25. The highest BCUT2D eigenvalue weighted by Crippen LogP contribution is 2.49. The molecule has 134 valence electrons. The van der Waals surface area contributed by atoms with E-state index in [1.807, 2.05) is 24.1 Å². The topological polar surface area (TPSA) is 71.0 Å². The van der Waals surface area contributed by atoms with E-state index in [2.05, 4.69) is 26.3 Å². The van der Waals surface area contributed by atoms with E-state index in [-0.39, 0.29) is 5.91 Å². The summed E-state index contributed by atoms with van der Waals surface area (Å²) in [5, 5.41) is 3.50. The van der Waals surface area contributed by atoms with Gasteiger partial charge in [-0.05, 0) is 49.7 Å². The zero-order chi connectivity index (χ0) is 17.7. The van der Waals surface area contributed by atoms with Crippen LogP contribution in [0.2, 0.25) is 0 Å². The van der Waals surface area contributed by atoms with Crippen molar-refractivity contribution in [2.45, 2.75) is 57.7 Å². The molecule has 2 saturated carbocycles. The number of aromatic nitrogens is 3. The highest BCUT2D eigenvalue weighted by Gasteiger charge is 2.41. The van der Waals surface area contributed by atoms with Crippen LogP contribution in [0.1, 0.15) is 54.2 Å². The molecule has 1 N–H and O–H groups in total. The van der Waals surface area contributed by atoms with Crippen molar-refractivity contribution in [3.63, 3.8) is 0 Å². The summed E-state index contributed by atoms with van der Waals surface area (Å²) in [6.45, 7) is 3.17. The molecule has 0 bridgehead atoms. The lowest BCUT2D eigenvalue weighted by atomic mass is 10.1. The predicted octanol–water partition coefficient (Wildman–Crippen LogP) is 2.79. The first-order valence-electron chi connectivity index (χ1n) is 9.48. The predicted molar refractivity (Wildman–Crippen MR) is 97.4 cm³/mol. The van der Waals surface area contributed by atoms with Gasteiger partial charge < -0.3 is 10.2 Å². The average Bonchev–Trinajstić information content (AvgIpc) is 3.55. The van der Waals surface area contributed by atoms with Crippen LogP contribution in [-0.4, -0.2) is 31.8 Å². The molecule has 6 nitrogen and oxygen atoms in total. The first-order valence-corrected chi connectivity index (χ1v) is 9.48. The fourth-order valence-electron chi connectivity index (χ4n) is 3.93. The average molecular weight is 349 g/mol. The van der Waals surface area contributed by atoms with Crippen molar-refractivity contribution in [1.29, 1.82) is 0 Å². The molecule has 2 unspecified atom stereocenters. The third-order valence-electron chi connectivity index (χ3n) is 5.64. The largest absolute Gasteiger partial charge is 0.367 e. The Balaban J connectivity index is 1.25. The molecule has 2 atom stereocenters. The molecule has 3 aliphatic rings. The fraction of sp³-hybridized carbons (Fsp3) is 0.500. The van der Waals surface area contributed by atoms with E-state index < -0.39 is 0 Å². The molecule has 2 aromatic heterocycles. The van der Waals surface area contributed by atoms with Gasteiger partial charge in [-0.15, -0.1) is 0 Å². The van der Waals surface area contributed by atoms with Crippen LogP contribution >= 0.6 is 0 Å². The number of hydrogen-bond acceptors (Lipinski definition) is 5. The minimum Gasteiger partial charge on any atom is -0.367 e. The summed E-state index contributed by atoms with van der Waals surface area (Å²) in [5.41, 5.74) is 3.37. The quantitative estimate of drug-likeness (QED) is 0.899. The van der Waals surface area contributed by atoms with Gasteiger partial charge in [0, 0.05) is 30.4 Å². The second-order valence-corrected chi connectivity index (χ2v) is 7.81. The lowest BCUT2D eigenvalue weighted by Gasteiger charge is -2.15. The Hall–Kier alpha value is -2.50. The first-order chi connectivity index (χ1) is 12.7. The molecule has 2 aromatic rings. The summed E-state index contributed by atoms with van der Waals surface area (Å²) in [6, 6.07) is 4.63. The number of rotatable bonds is 5. The molecule has 5 rings (SSSR count). The first kappa shape index (κ1) is 15.7. The van der Waals surface area contributed by atoms with Crippen LogP contribution in [0, 0.1) is 12.8 Å². The lowest BCUT2D eigenvalue weighted by molar-refractivity contribution is -0.132. The Morgan fingerprint density at radius 3 is 2.96 bits per heavy atom. The van der Waals surface area contributed by atoms with Crippen LogP contribution in [0.3, 0.4) is 0 Å². The Labute approximate surface area is 153 Å². The van der Waals surface area contributed by atoms with Crippen molar-refractivity contribution < 1.29 is 4.79 Å². The van der Waals surface area contributed by atoms with Gasteiger partial charge in [-0.25, -0.2) is 9.97 Å². The summed E-state index contributed by atoms with van der Waals surface area (Å²) in [6.07, 6.45) is 7.84. The Morgan fingerprint density at radius 1 is 1.31 bits per heavy atom. The maximum Gasteiger partial charge on any atom is 0.223 e. The van der Waals surface area contributed by atoms with Crippen LogP contribution in [0.15, 0.2) is 24.5 Å². The SMILES string of the molecule is Cc1nc2c(c(NC3CC3)n1)CN(C(=O)CC1CC1c1cccnc1)C2. The standard InChI is InChI=1S/C20H23N5O/c1-12-22-18-11-25(10-17(18)20(23-12)24-15-4-5-15)19(26)8-14-7-16(14)13-3-2-6-21-9-13/h2-3,6,9,14-16H,4-5,7-8,10-11H2,1H3,(H,22,23,24). The summed E-state index contributed by atoms with van der Waals surface area (Å²) in [5.74, 6) is 2.89. The fourth-order valence-corrected chi connectivity index (χ4v) is 3.93. The highest BCUT2D eigenvalue weighted by atomic mass is 16.2.